The highest BCUT2D eigenvalue weighted by Gasteiger charge is 2.41. The lowest BCUT2D eigenvalue weighted by Gasteiger charge is -2.27. The fraction of sp³-hybridized carbons (Fsp3) is 0.565. The standard InChI is InChI=1S/C23H28ClFN4O/c24-22-2-1-19(25)9-21(22)18-10-26-23(27-11-18)28-20-7-16-13-29(14-17(16)8-20)12-15-3-5-30-6-4-15/h1-2,9-11,15-17,20H,3-8,12-14H2,(H,26,27,28)/t16-,17+,20+. The zero-order valence-corrected chi connectivity index (χ0v) is 17.8. The van der Waals surface area contributed by atoms with Crippen molar-refractivity contribution in [3.63, 3.8) is 0 Å². The molecule has 2 aromatic rings. The van der Waals surface area contributed by atoms with Crippen molar-refractivity contribution < 1.29 is 9.13 Å². The molecule has 5 nitrogen and oxygen atoms in total. The van der Waals surface area contributed by atoms with E-state index in [1.165, 1.54) is 57.5 Å². The highest BCUT2D eigenvalue weighted by atomic mass is 35.5. The van der Waals surface area contributed by atoms with E-state index in [0.29, 0.717) is 22.6 Å². The van der Waals surface area contributed by atoms with Gasteiger partial charge in [0.15, 0.2) is 0 Å². The van der Waals surface area contributed by atoms with Gasteiger partial charge in [-0.05, 0) is 61.6 Å². The molecule has 7 heteroatoms. The Morgan fingerprint density at radius 3 is 2.50 bits per heavy atom. The molecule has 2 saturated heterocycles. The molecule has 5 rings (SSSR count). The number of nitrogens with one attached hydrogen (secondary N) is 1. The van der Waals surface area contributed by atoms with Gasteiger partial charge in [0.1, 0.15) is 5.82 Å². The molecule has 0 radical (unpaired) electrons. The summed E-state index contributed by atoms with van der Waals surface area (Å²) in [5.41, 5.74) is 1.33. The molecule has 0 amide bonds. The summed E-state index contributed by atoms with van der Waals surface area (Å²) in [5, 5.41) is 4.00. The quantitative estimate of drug-likeness (QED) is 0.757. The second kappa shape index (κ2) is 8.77. The van der Waals surface area contributed by atoms with E-state index in [4.69, 9.17) is 16.3 Å². The molecular formula is C23H28ClFN4O. The number of rotatable bonds is 5. The molecule has 30 heavy (non-hydrogen) atoms. The molecular weight excluding hydrogens is 403 g/mol. The lowest BCUT2D eigenvalue weighted by Crippen LogP contribution is -2.32. The number of ether oxygens (including phenoxy) is 1. The Labute approximate surface area is 182 Å². The van der Waals surface area contributed by atoms with Crippen LogP contribution in [0.4, 0.5) is 10.3 Å². The topological polar surface area (TPSA) is 50.3 Å². The Hall–Kier alpha value is -1.76. The van der Waals surface area contributed by atoms with Gasteiger partial charge in [0.25, 0.3) is 0 Å². The van der Waals surface area contributed by atoms with Gasteiger partial charge in [-0.3, -0.25) is 0 Å². The Balaban J connectivity index is 1.14. The molecule has 1 aromatic heterocycles. The van der Waals surface area contributed by atoms with Crippen LogP contribution in [0.25, 0.3) is 11.1 Å². The number of hydrogen-bond donors (Lipinski definition) is 1. The van der Waals surface area contributed by atoms with Crippen LogP contribution in [0, 0.1) is 23.6 Å². The number of hydrogen-bond acceptors (Lipinski definition) is 5. The zero-order chi connectivity index (χ0) is 20.5. The zero-order valence-electron chi connectivity index (χ0n) is 17.1. The second-order valence-electron chi connectivity index (χ2n) is 9.03. The van der Waals surface area contributed by atoms with Crippen LogP contribution in [-0.4, -0.2) is 53.8 Å². The van der Waals surface area contributed by atoms with Gasteiger partial charge in [-0.1, -0.05) is 11.6 Å². The molecule has 0 bridgehead atoms. The first-order valence-electron chi connectivity index (χ1n) is 11.0. The highest BCUT2D eigenvalue weighted by Crippen LogP contribution is 2.39. The van der Waals surface area contributed by atoms with Crippen LogP contribution in [-0.2, 0) is 4.74 Å². The van der Waals surface area contributed by atoms with Gasteiger partial charge in [0.05, 0.1) is 0 Å². The summed E-state index contributed by atoms with van der Waals surface area (Å²) >= 11 is 6.19. The van der Waals surface area contributed by atoms with Gasteiger partial charge in [-0.25, -0.2) is 14.4 Å². The molecule has 1 N–H and O–H groups in total. The largest absolute Gasteiger partial charge is 0.381 e. The lowest BCUT2D eigenvalue weighted by molar-refractivity contribution is 0.0545. The van der Waals surface area contributed by atoms with E-state index in [2.05, 4.69) is 20.2 Å². The van der Waals surface area contributed by atoms with E-state index < -0.39 is 0 Å². The van der Waals surface area contributed by atoms with Gasteiger partial charge >= 0.3 is 0 Å². The Kier molecular flexibility index (Phi) is 5.89. The normalized spacial score (nSPS) is 27.3. The van der Waals surface area contributed by atoms with Crippen LogP contribution in [0.15, 0.2) is 30.6 Å². The molecule has 1 aliphatic carbocycles. The summed E-state index contributed by atoms with van der Waals surface area (Å²) in [6.07, 6.45) is 8.20. The molecule has 3 heterocycles. The van der Waals surface area contributed by atoms with Crippen molar-refractivity contribution in [1.82, 2.24) is 14.9 Å². The lowest BCUT2D eigenvalue weighted by atomic mass is 10.00. The van der Waals surface area contributed by atoms with Crippen LogP contribution >= 0.6 is 11.6 Å². The third kappa shape index (κ3) is 4.46. The van der Waals surface area contributed by atoms with Gasteiger partial charge in [-0.2, -0.15) is 0 Å². The maximum Gasteiger partial charge on any atom is 0.222 e. The van der Waals surface area contributed by atoms with Gasteiger partial charge in [0.2, 0.25) is 5.95 Å². The molecule has 2 aliphatic heterocycles. The van der Waals surface area contributed by atoms with Crippen LogP contribution in [0.1, 0.15) is 25.7 Å². The third-order valence-corrected chi connectivity index (χ3v) is 7.24. The van der Waals surface area contributed by atoms with Crippen molar-refractivity contribution in [3.8, 4) is 11.1 Å². The number of benzene rings is 1. The number of likely N-dealkylation sites (tertiary alicyclic amines) is 1. The monoisotopic (exact) mass is 430 g/mol. The summed E-state index contributed by atoms with van der Waals surface area (Å²) in [6, 6.07) is 4.75. The number of halogens is 2. The first-order valence-corrected chi connectivity index (χ1v) is 11.4. The van der Waals surface area contributed by atoms with Crippen LogP contribution in [0.5, 0.6) is 0 Å². The number of anilines is 1. The van der Waals surface area contributed by atoms with Gasteiger partial charge in [-0.15, -0.1) is 0 Å². The molecule has 0 spiro atoms. The van der Waals surface area contributed by atoms with E-state index in [-0.39, 0.29) is 5.82 Å². The Bertz CT molecular complexity index is 860. The third-order valence-electron chi connectivity index (χ3n) is 6.91. The number of aromatic nitrogens is 2. The fourth-order valence-corrected chi connectivity index (χ4v) is 5.63. The minimum Gasteiger partial charge on any atom is -0.381 e. The van der Waals surface area contributed by atoms with Crippen molar-refractivity contribution in [2.75, 3.05) is 38.2 Å². The SMILES string of the molecule is Fc1ccc(Cl)c(-c2cnc(N[C@H]3C[C@@H]4CN(CC5CCOCC5)C[C@@H]4C3)nc2)c1. The van der Waals surface area contributed by atoms with E-state index >= 15 is 0 Å². The predicted molar refractivity (Wildman–Crippen MR) is 116 cm³/mol. The molecule has 1 aromatic carbocycles. The predicted octanol–water partition coefficient (Wildman–Crippen LogP) is 4.49. The average molecular weight is 431 g/mol. The summed E-state index contributed by atoms with van der Waals surface area (Å²) in [7, 11) is 0. The van der Waals surface area contributed by atoms with E-state index in [1.54, 1.807) is 18.5 Å². The minimum absolute atomic E-state index is 0.319. The summed E-state index contributed by atoms with van der Waals surface area (Å²) < 4.78 is 19.0. The van der Waals surface area contributed by atoms with Crippen molar-refractivity contribution in [3.05, 3.63) is 41.4 Å². The number of fused-ring (bicyclic) bond motifs is 1. The summed E-state index contributed by atoms with van der Waals surface area (Å²) in [5.74, 6) is 2.67. The smallest absolute Gasteiger partial charge is 0.222 e. The van der Waals surface area contributed by atoms with Crippen molar-refractivity contribution >= 4 is 17.5 Å². The first-order chi connectivity index (χ1) is 14.6. The molecule has 0 unspecified atom stereocenters. The number of nitrogens with zero attached hydrogens (tertiary/aromatic N) is 3. The van der Waals surface area contributed by atoms with Crippen molar-refractivity contribution in [2.24, 2.45) is 17.8 Å². The summed E-state index contributed by atoms with van der Waals surface area (Å²) in [6.45, 7) is 5.54. The summed E-state index contributed by atoms with van der Waals surface area (Å²) in [4.78, 5) is 11.6. The molecule has 1 saturated carbocycles. The maximum absolute atomic E-state index is 13.5. The average Bonchev–Trinajstić information content (AvgIpc) is 3.29. The first kappa shape index (κ1) is 20.2. The van der Waals surface area contributed by atoms with Crippen LogP contribution in [0.3, 0.4) is 0 Å². The molecule has 3 fully saturated rings. The van der Waals surface area contributed by atoms with Crippen LogP contribution < -0.4 is 5.32 Å². The van der Waals surface area contributed by atoms with E-state index in [0.717, 1.165) is 36.5 Å². The van der Waals surface area contributed by atoms with E-state index in [9.17, 15) is 4.39 Å². The molecule has 160 valence electrons. The minimum atomic E-state index is -0.319. The fourth-order valence-electron chi connectivity index (χ4n) is 5.40. The van der Waals surface area contributed by atoms with Crippen LogP contribution in [0.2, 0.25) is 5.02 Å². The highest BCUT2D eigenvalue weighted by molar-refractivity contribution is 6.33. The van der Waals surface area contributed by atoms with Gasteiger partial charge in [0, 0.05) is 67.4 Å². The van der Waals surface area contributed by atoms with E-state index in [1.807, 2.05) is 0 Å². The van der Waals surface area contributed by atoms with Crippen molar-refractivity contribution in [1.29, 1.82) is 0 Å². The van der Waals surface area contributed by atoms with Crippen molar-refractivity contribution in [2.45, 2.75) is 31.7 Å². The maximum atomic E-state index is 13.5. The Morgan fingerprint density at radius 1 is 1.10 bits per heavy atom. The molecule has 3 atom stereocenters. The second-order valence-corrected chi connectivity index (χ2v) is 9.43. The Morgan fingerprint density at radius 2 is 1.80 bits per heavy atom. The molecule has 3 aliphatic rings. The van der Waals surface area contributed by atoms with Gasteiger partial charge < -0.3 is 15.0 Å².